The van der Waals surface area contributed by atoms with Crippen molar-refractivity contribution in [3.05, 3.63) is 84.6 Å². The highest BCUT2D eigenvalue weighted by Gasteiger charge is 2.25. The van der Waals surface area contributed by atoms with Gasteiger partial charge in [-0.05, 0) is 66.6 Å². The van der Waals surface area contributed by atoms with E-state index in [0.717, 1.165) is 24.3 Å². The highest BCUT2D eigenvalue weighted by Crippen LogP contribution is 2.46. The van der Waals surface area contributed by atoms with Crippen LogP contribution in [0.1, 0.15) is 5.56 Å². The maximum atomic E-state index is 12.1. The summed E-state index contributed by atoms with van der Waals surface area (Å²) in [7, 11) is -8.82. The molecule has 232 valence electrons. The molecule has 0 unspecified atom stereocenters. The Morgan fingerprint density at radius 3 is 1.84 bits per heavy atom. The van der Waals surface area contributed by atoms with Gasteiger partial charge in [-0.3, -0.25) is 24.8 Å². The molecule has 7 N–H and O–H groups in total. The topological polar surface area (TPSA) is 276 Å². The summed E-state index contributed by atoms with van der Waals surface area (Å²) in [6.07, 6.45) is 0. The summed E-state index contributed by atoms with van der Waals surface area (Å²) >= 11 is 11.9. The average Bonchev–Trinajstić information content (AvgIpc) is 2.86. The molecule has 0 saturated carbocycles. The molecule has 0 amide bonds. The van der Waals surface area contributed by atoms with Crippen molar-refractivity contribution < 1.29 is 36.5 Å². The predicted molar refractivity (Wildman–Crippen MR) is 161 cm³/mol. The van der Waals surface area contributed by atoms with Crippen molar-refractivity contribution >= 4 is 90.2 Å². The molecule has 4 aromatic rings. The number of hydrogen-bond donors (Lipinski definition) is 7. The van der Waals surface area contributed by atoms with Crippen molar-refractivity contribution in [2.75, 3.05) is 16.0 Å². The zero-order valence-electron chi connectivity index (χ0n) is 21.7. The molecule has 0 bridgehead atoms. The second-order valence-corrected chi connectivity index (χ2v) is 12.3. The van der Waals surface area contributed by atoms with Crippen molar-refractivity contribution in [3.8, 4) is 0 Å². The zero-order chi connectivity index (χ0) is 32.6. The van der Waals surface area contributed by atoms with Gasteiger partial charge in [0.15, 0.2) is 0 Å². The number of aromatic nitrogens is 3. The number of nitro benzene ring substituents is 2. The van der Waals surface area contributed by atoms with E-state index < -0.39 is 52.1 Å². The molecule has 0 aliphatic rings. The van der Waals surface area contributed by atoms with Gasteiger partial charge in [0.2, 0.25) is 17.2 Å². The van der Waals surface area contributed by atoms with Crippen LogP contribution >= 0.6 is 34.1 Å². The fraction of sp³-hybridized carbons (Fsp3) is 0.0455. The number of nitrogens with one attached hydrogen (secondary N) is 3. The monoisotopic (exact) mass is 688 g/mol. The molecule has 0 fully saturated rings. The van der Waals surface area contributed by atoms with Crippen LogP contribution in [-0.2, 0) is 10.1 Å². The largest absolute Gasteiger partial charge is 0.350 e. The van der Waals surface area contributed by atoms with E-state index >= 15 is 0 Å². The Bertz CT molecular complexity index is 1930. The number of rotatable bonds is 10. The molecule has 1 heterocycles. The van der Waals surface area contributed by atoms with Crippen LogP contribution in [0.5, 0.6) is 0 Å². The number of hydrogen-bond acceptors (Lipinski definition) is 15. The van der Waals surface area contributed by atoms with E-state index in [1.54, 1.807) is 0 Å². The summed E-state index contributed by atoms with van der Waals surface area (Å²) < 4.78 is 62.5. The molecular formula is C22H18Cl2N8O10S2. The minimum absolute atomic E-state index is 0.0110. The second-order valence-electron chi connectivity index (χ2n) is 8.65. The number of nitro groups is 2. The molecule has 4 rings (SSSR count). The van der Waals surface area contributed by atoms with Crippen molar-refractivity contribution in [2.45, 2.75) is 16.7 Å². The van der Waals surface area contributed by atoms with E-state index in [1.807, 2.05) is 0 Å². The lowest BCUT2D eigenvalue weighted by molar-refractivity contribution is -0.393. The van der Waals surface area contributed by atoms with Crippen LogP contribution in [0, 0.1) is 27.2 Å². The van der Waals surface area contributed by atoms with Crippen LogP contribution < -0.4 is 16.0 Å². The van der Waals surface area contributed by atoms with Crippen molar-refractivity contribution in [3.63, 3.8) is 0 Å². The minimum Gasteiger partial charge on any atom is -0.350 e. The first kappa shape index (κ1) is 32.5. The summed E-state index contributed by atoms with van der Waals surface area (Å²) in [6.45, 7) is 1.51. The number of nitrogens with zero attached hydrogens (tertiary/aromatic N) is 5. The lowest BCUT2D eigenvalue weighted by Crippen LogP contribution is -2.08. The van der Waals surface area contributed by atoms with E-state index in [9.17, 15) is 46.9 Å². The normalized spacial score (nSPS) is 12.0. The predicted octanol–water partition coefficient (Wildman–Crippen LogP) is 6.36. The highest BCUT2D eigenvalue weighted by molar-refractivity contribution is 8.19. The maximum Gasteiger partial charge on any atom is 0.299 e. The maximum absolute atomic E-state index is 12.1. The number of halogens is 2. The third kappa shape index (κ3) is 7.56. The van der Waals surface area contributed by atoms with Gasteiger partial charge in [-0.2, -0.15) is 23.4 Å². The van der Waals surface area contributed by atoms with Crippen molar-refractivity contribution in [1.82, 2.24) is 15.0 Å². The summed E-state index contributed by atoms with van der Waals surface area (Å²) in [5.74, 6) is -0.481. The van der Waals surface area contributed by atoms with E-state index in [4.69, 9.17) is 23.2 Å². The fourth-order valence-corrected chi connectivity index (χ4v) is 5.54. The summed E-state index contributed by atoms with van der Waals surface area (Å²) in [4.78, 5) is 32.1. The van der Waals surface area contributed by atoms with Gasteiger partial charge in [-0.1, -0.05) is 11.6 Å². The third-order valence-electron chi connectivity index (χ3n) is 5.58. The van der Waals surface area contributed by atoms with Gasteiger partial charge >= 0.3 is 0 Å². The molecule has 18 nitrogen and oxygen atoms in total. The van der Waals surface area contributed by atoms with Gasteiger partial charge in [0.1, 0.15) is 26.5 Å². The average molecular weight is 689 g/mol. The van der Waals surface area contributed by atoms with Crippen LogP contribution in [0.4, 0.5) is 46.0 Å². The SMILES string of the molecule is Cc1cc(Nc2nc(Cl)nc(Nc3cc(Nc4cc(Cl)c([N+](=O)[O-])cc4[N+](=O)[O-])ccc3S(=O)(=O)O)n2)ccc1S(O)(O)O. The quantitative estimate of drug-likeness (QED) is 0.0541. The van der Waals surface area contributed by atoms with E-state index in [2.05, 4.69) is 30.9 Å². The van der Waals surface area contributed by atoms with Gasteiger partial charge < -0.3 is 29.6 Å². The standard InChI is InChI=1S/C22H18Cl2N8O10S2/c1-10-6-11(2-4-18(10)43(37,38)39)26-21-28-20(24)29-22(30-21)27-15-7-12(3-5-19(15)44(40,41)42)25-14-8-13(23)16(31(33)34)9-17(14)32(35)36/h2-9,25,37-39H,1H3,(H,40,41,42)(H2,26,27,28,29,30). The Morgan fingerprint density at radius 1 is 0.727 bits per heavy atom. The number of anilines is 6. The van der Waals surface area contributed by atoms with Crippen LogP contribution in [-0.4, -0.2) is 51.4 Å². The van der Waals surface area contributed by atoms with Gasteiger partial charge in [-0.25, -0.2) is 0 Å². The number of benzene rings is 3. The fourth-order valence-electron chi connectivity index (χ4n) is 3.77. The first-order valence-electron chi connectivity index (χ1n) is 11.5. The van der Waals surface area contributed by atoms with E-state index in [0.29, 0.717) is 17.3 Å². The second kappa shape index (κ2) is 12.3. The molecule has 0 saturated heterocycles. The van der Waals surface area contributed by atoms with E-state index in [1.165, 1.54) is 25.1 Å². The Morgan fingerprint density at radius 2 is 1.30 bits per heavy atom. The number of aryl methyl sites for hydroxylation is 1. The first-order chi connectivity index (χ1) is 20.4. The molecule has 3 aromatic carbocycles. The molecule has 0 aliphatic heterocycles. The minimum atomic E-state index is -4.85. The summed E-state index contributed by atoms with van der Waals surface area (Å²) in [5, 5.41) is 30.0. The highest BCUT2D eigenvalue weighted by atomic mass is 35.5. The molecule has 22 heteroatoms. The lowest BCUT2D eigenvalue weighted by Gasteiger charge is -2.21. The summed E-state index contributed by atoms with van der Waals surface area (Å²) in [5.41, 5.74) is -1.36. The van der Waals surface area contributed by atoms with Crippen LogP contribution in [0.3, 0.4) is 0 Å². The molecule has 0 spiro atoms. The molecule has 0 radical (unpaired) electrons. The molecule has 0 atom stereocenters. The van der Waals surface area contributed by atoms with Crippen molar-refractivity contribution in [1.29, 1.82) is 0 Å². The molecule has 0 aliphatic carbocycles. The molecule has 44 heavy (non-hydrogen) atoms. The van der Waals surface area contributed by atoms with Crippen molar-refractivity contribution in [2.24, 2.45) is 0 Å². The Labute approximate surface area is 258 Å². The smallest absolute Gasteiger partial charge is 0.299 e. The Hall–Kier alpha value is -4.41. The lowest BCUT2D eigenvalue weighted by atomic mass is 10.2. The first-order valence-corrected chi connectivity index (χ1v) is 15.2. The molecule has 1 aromatic heterocycles. The van der Waals surface area contributed by atoms with Gasteiger partial charge in [-0.15, -0.1) is 0 Å². The molecular weight excluding hydrogens is 671 g/mol. The summed E-state index contributed by atoms with van der Waals surface area (Å²) in [6, 6.07) is 8.90. The van der Waals surface area contributed by atoms with Crippen LogP contribution in [0.2, 0.25) is 10.3 Å². The van der Waals surface area contributed by atoms with Gasteiger partial charge in [0.05, 0.1) is 26.5 Å². The van der Waals surface area contributed by atoms with Crippen LogP contribution in [0.15, 0.2) is 58.3 Å². The Balaban J connectivity index is 1.70. The van der Waals surface area contributed by atoms with E-state index in [-0.39, 0.29) is 39.1 Å². The van der Waals surface area contributed by atoms with Crippen LogP contribution in [0.25, 0.3) is 0 Å². The zero-order valence-corrected chi connectivity index (χ0v) is 24.8. The third-order valence-corrected chi connectivity index (χ3v) is 8.01. The Kier molecular flexibility index (Phi) is 9.08. The van der Waals surface area contributed by atoms with Gasteiger partial charge in [0, 0.05) is 11.4 Å². The van der Waals surface area contributed by atoms with Gasteiger partial charge in [0.25, 0.3) is 21.5 Å².